The summed E-state index contributed by atoms with van der Waals surface area (Å²) >= 11 is 0. The maximum absolute atomic E-state index is 3.82. The van der Waals surface area contributed by atoms with Crippen LogP contribution in [0.4, 0.5) is 11.4 Å². The summed E-state index contributed by atoms with van der Waals surface area (Å²) in [6.07, 6.45) is 12.3. The first-order valence-corrected chi connectivity index (χ1v) is 20.7. The van der Waals surface area contributed by atoms with E-state index in [9.17, 15) is 0 Å². The van der Waals surface area contributed by atoms with E-state index in [1.54, 1.807) is 0 Å². The average molecular weight is 756 g/mol. The number of rotatable bonds is 9. The van der Waals surface area contributed by atoms with Gasteiger partial charge in [-0.15, -0.1) is 0 Å². The lowest BCUT2D eigenvalue weighted by Gasteiger charge is -2.34. The van der Waals surface area contributed by atoms with E-state index in [1.807, 2.05) is 0 Å². The molecule has 2 aliphatic rings. The molecule has 1 heteroatoms. The Balaban J connectivity index is 1.07. The Morgan fingerprint density at radius 3 is 1.83 bits per heavy atom. The van der Waals surface area contributed by atoms with Crippen molar-refractivity contribution in [2.45, 2.75) is 24.7 Å². The Bertz CT molecular complexity index is 2820. The Morgan fingerprint density at radius 2 is 1.10 bits per heavy atom. The van der Waals surface area contributed by atoms with E-state index in [-0.39, 0.29) is 5.92 Å². The Morgan fingerprint density at radius 1 is 0.492 bits per heavy atom. The Labute approximate surface area is 348 Å². The zero-order valence-electron chi connectivity index (χ0n) is 33.2. The second-order valence-electron chi connectivity index (χ2n) is 15.7. The van der Waals surface area contributed by atoms with Crippen molar-refractivity contribution in [3.8, 4) is 33.4 Å². The van der Waals surface area contributed by atoms with E-state index in [0.29, 0.717) is 0 Å². The predicted octanol–water partition coefficient (Wildman–Crippen LogP) is 15.0. The molecule has 8 aromatic carbocycles. The van der Waals surface area contributed by atoms with Crippen molar-refractivity contribution in [2.24, 2.45) is 0 Å². The van der Waals surface area contributed by atoms with Gasteiger partial charge in [-0.2, -0.15) is 0 Å². The minimum Gasteiger partial charge on any atom is -0.356 e. The number of anilines is 2. The molecule has 10 rings (SSSR count). The quantitative estimate of drug-likeness (QED) is 0.145. The Hall–Kier alpha value is -7.22. The zero-order chi connectivity index (χ0) is 39.6. The van der Waals surface area contributed by atoms with Crippen molar-refractivity contribution in [3.05, 3.63) is 275 Å². The second kappa shape index (κ2) is 15.6. The van der Waals surface area contributed by atoms with Crippen LogP contribution in [0, 0.1) is 6.92 Å². The van der Waals surface area contributed by atoms with Gasteiger partial charge in [0.05, 0.1) is 5.41 Å². The first kappa shape index (κ1) is 36.1. The minimum absolute atomic E-state index is 0.0714. The molecule has 0 spiro atoms. The second-order valence-corrected chi connectivity index (χ2v) is 15.7. The van der Waals surface area contributed by atoms with Crippen LogP contribution in [0.2, 0.25) is 0 Å². The molecule has 0 aromatic heterocycles. The maximum atomic E-state index is 3.82. The summed E-state index contributed by atoms with van der Waals surface area (Å²) < 4.78 is 0. The average Bonchev–Trinajstić information content (AvgIpc) is 3.39. The largest absolute Gasteiger partial charge is 0.356 e. The van der Waals surface area contributed by atoms with Gasteiger partial charge in [-0.1, -0.05) is 206 Å². The monoisotopic (exact) mass is 755 g/mol. The van der Waals surface area contributed by atoms with Crippen LogP contribution in [0.1, 0.15) is 51.3 Å². The molecular formula is C58H45N. The van der Waals surface area contributed by atoms with E-state index < -0.39 is 5.41 Å². The first-order valence-electron chi connectivity index (χ1n) is 20.7. The molecule has 0 saturated carbocycles. The normalized spacial score (nSPS) is 15.3. The van der Waals surface area contributed by atoms with Gasteiger partial charge in [0.1, 0.15) is 0 Å². The molecule has 282 valence electrons. The molecule has 0 amide bonds. The van der Waals surface area contributed by atoms with E-state index >= 15 is 0 Å². The van der Waals surface area contributed by atoms with Gasteiger partial charge < -0.3 is 5.32 Å². The number of fused-ring (bicyclic) bond motifs is 3. The summed E-state index contributed by atoms with van der Waals surface area (Å²) in [5.74, 6) is 0.0714. The fourth-order valence-electron chi connectivity index (χ4n) is 9.61. The van der Waals surface area contributed by atoms with Gasteiger partial charge in [-0.05, 0) is 116 Å². The van der Waals surface area contributed by atoms with E-state index in [1.165, 1.54) is 77.9 Å². The van der Waals surface area contributed by atoms with Crippen molar-refractivity contribution < 1.29 is 0 Å². The van der Waals surface area contributed by atoms with Crippen LogP contribution >= 0.6 is 0 Å². The Kier molecular flexibility index (Phi) is 9.56. The molecular weight excluding hydrogens is 711 g/mol. The van der Waals surface area contributed by atoms with Crippen LogP contribution in [-0.4, -0.2) is 0 Å². The van der Waals surface area contributed by atoms with Crippen LogP contribution in [-0.2, 0) is 5.41 Å². The summed E-state index contributed by atoms with van der Waals surface area (Å²) in [4.78, 5) is 0. The van der Waals surface area contributed by atoms with Crippen molar-refractivity contribution in [2.75, 3.05) is 5.32 Å². The van der Waals surface area contributed by atoms with Gasteiger partial charge in [-0.3, -0.25) is 0 Å². The van der Waals surface area contributed by atoms with Gasteiger partial charge in [-0.25, -0.2) is 0 Å². The lowest BCUT2D eigenvalue weighted by Crippen LogP contribution is -2.29. The minimum atomic E-state index is -0.450. The predicted molar refractivity (Wildman–Crippen MR) is 248 cm³/mol. The fraction of sp³-hybridized carbons (Fsp3) is 0.0690. The highest BCUT2D eigenvalue weighted by atomic mass is 14.9. The number of nitrogens with one attached hydrogen (secondary N) is 1. The molecule has 0 fully saturated rings. The molecule has 1 unspecified atom stereocenters. The van der Waals surface area contributed by atoms with Crippen LogP contribution < -0.4 is 5.32 Å². The summed E-state index contributed by atoms with van der Waals surface area (Å²) in [6.45, 7) is 2.23. The molecule has 59 heavy (non-hydrogen) atoms. The van der Waals surface area contributed by atoms with Crippen molar-refractivity contribution >= 4 is 11.4 Å². The molecule has 1 N–H and O–H groups in total. The maximum Gasteiger partial charge on any atom is 0.0714 e. The van der Waals surface area contributed by atoms with Crippen LogP contribution in [0.3, 0.4) is 0 Å². The molecule has 0 radical (unpaired) electrons. The number of hydrogen-bond acceptors (Lipinski definition) is 1. The number of benzene rings is 8. The van der Waals surface area contributed by atoms with Gasteiger partial charge in [0.25, 0.3) is 0 Å². The SMILES string of the molecule is Cc1ccccc1-c1c(-c2ccc(Nc3ccc4c(c3)C(C3=CC=CCC=C3)(c3ccccc3)c3ccccc3-4)cc2)cccc1C(c1ccccc1)c1ccccc1. The van der Waals surface area contributed by atoms with Crippen LogP contribution in [0.25, 0.3) is 33.4 Å². The lowest BCUT2D eigenvalue weighted by molar-refractivity contribution is 0.767. The molecule has 8 aromatic rings. The zero-order valence-corrected chi connectivity index (χ0v) is 33.2. The van der Waals surface area contributed by atoms with E-state index in [4.69, 9.17) is 0 Å². The summed E-state index contributed by atoms with van der Waals surface area (Å²) in [6, 6.07) is 73.4. The van der Waals surface area contributed by atoms with E-state index in [0.717, 1.165) is 17.8 Å². The van der Waals surface area contributed by atoms with Crippen molar-refractivity contribution in [3.63, 3.8) is 0 Å². The highest BCUT2D eigenvalue weighted by molar-refractivity contribution is 5.90. The van der Waals surface area contributed by atoms with Gasteiger partial charge in [0, 0.05) is 17.3 Å². The molecule has 0 heterocycles. The summed E-state index contributed by atoms with van der Waals surface area (Å²) in [7, 11) is 0. The molecule has 1 nitrogen and oxygen atoms in total. The van der Waals surface area contributed by atoms with E-state index in [2.05, 4.69) is 243 Å². The lowest BCUT2D eigenvalue weighted by atomic mass is 9.67. The third kappa shape index (κ3) is 6.46. The number of allylic oxidation sites excluding steroid dienone is 6. The highest BCUT2D eigenvalue weighted by Crippen LogP contribution is 2.57. The first-order chi connectivity index (χ1) is 29.2. The smallest absolute Gasteiger partial charge is 0.0714 e. The van der Waals surface area contributed by atoms with Gasteiger partial charge in [0.2, 0.25) is 0 Å². The number of aryl methyl sites for hydroxylation is 1. The van der Waals surface area contributed by atoms with Crippen LogP contribution in [0.5, 0.6) is 0 Å². The molecule has 0 aliphatic heterocycles. The summed E-state index contributed by atoms with van der Waals surface area (Å²) in [5, 5.41) is 3.82. The molecule has 1 atom stereocenters. The molecule has 0 bridgehead atoms. The third-order valence-electron chi connectivity index (χ3n) is 12.2. The standard InChI is InChI=1S/C58H45N/c1-41-20-15-16-29-49(41)57-50(31-19-32-53(57)56(43-21-7-4-8-22-43)44-23-9-5-10-24-44)42-34-36-47(37-35-42)59-48-38-39-52-51-30-17-18-33-54(51)58(55(52)40-48,46-27-13-6-14-28-46)45-25-11-2-3-12-26-45/h2,4-40,56,59H,3H2,1H3. The van der Waals surface area contributed by atoms with Gasteiger partial charge in [0.15, 0.2) is 0 Å². The highest BCUT2D eigenvalue weighted by Gasteiger charge is 2.46. The van der Waals surface area contributed by atoms with Crippen molar-refractivity contribution in [1.82, 2.24) is 0 Å². The van der Waals surface area contributed by atoms with Crippen molar-refractivity contribution in [1.29, 1.82) is 0 Å². The fourth-order valence-corrected chi connectivity index (χ4v) is 9.61. The topological polar surface area (TPSA) is 12.0 Å². The summed E-state index contributed by atoms with van der Waals surface area (Å²) in [5.41, 5.74) is 19.4. The molecule has 0 saturated heterocycles. The number of hydrogen-bond donors (Lipinski definition) is 1. The van der Waals surface area contributed by atoms with Crippen LogP contribution in [0.15, 0.2) is 236 Å². The third-order valence-corrected chi connectivity index (χ3v) is 12.2. The van der Waals surface area contributed by atoms with Gasteiger partial charge >= 0.3 is 0 Å². The molecule has 2 aliphatic carbocycles.